The van der Waals surface area contributed by atoms with E-state index in [-0.39, 0.29) is 17.8 Å². The summed E-state index contributed by atoms with van der Waals surface area (Å²) in [7, 11) is 1.57. The van der Waals surface area contributed by atoms with Crippen LogP contribution in [0.4, 0.5) is 0 Å². The van der Waals surface area contributed by atoms with Gasteiger partial charge in [0, 0.05) is 0 Å². The van der Waals surface area contributed by atoms with Gasteiger partial charge < -0.3 is 0 Å². The number of benzene rings is 1. The zero-order chi connectivity index (χ0) is 25.3. The first-order valence-corrected chi connectivity index (χ1v) is 23.0. The molecule has 2 fully saturated rings. The standard InChI is InChI=1S/C18H21INO2.3C4H9.Sn/c1-3-10-20-14-8-9-16(20)17(18(21)22-2)15(11-14)12-4-6-13(19)7-5-12;3*1-3-4-2;/h1,3-7,14-17H,8-11H2,2H3;3*1,3-4H2,2H3;/t14-,15+,16+,17-;;;;/m0..../s1. The number of carbonyl (C=O) groups is 1. The number of nitrogens with zero attached hydrogens (tertiary/aromatic N) is 1. The van der Waals surface area contributed by atoms with Crippen LogP contribution in [0.2, 0.25) is 13.3 Å². The van der Waals surface area contributed by atoms with Gasteiger partial charge in [0.1, 0.15) is 0 Å². The molecule has 2 aliphatic heterocycles. The van der Waals surface area contributed by atoms with Gasteiger partial charge in [0.15, 0.2) is 0 Å². The average Bonchev–Trinajstić information content (AvgIpc) is 3.15. The van der Waals surface area contributed by atoms with Crippen LogP contribution in [0.15, 0.2) is 34.4 Å². The predicted molar refractivity (Wildman–Crippen MR) is 160 cm³/mol. The van der Waals surface area contributed by atoms with Gasteiger partial charge in [-0.15, -0.1) is 0 Å². The van der Waals surface area contributed by atoms with Gasteiger partial charge in [-0.25, -0.2) is 0 Å². The van der Waals surface area contributed by atoms with E-state index in [2.05, 4.69) is 82.7 Å². The normalized spacial score (nSPS) is 24.8. The number of ether oxygens (including phenoxy) is 1. The molecule has 35 heavy (non-hydrogen) atoms. The van der Waals surface area contributed by atoms with Crippen molar-refractivity contribution in [3.05, 3.63) is 43.6 Å². The molecule has 0 saturated carbocycles. The van der Waals surface area contributed by atoms with E-state index in [1.54, 1.807) is 7.11 Å². The first-order valence-electron chi connectivity index (χ1n) is 14.2. The fourth-order valence-electron chi connectivity index (χ4n) is 6.74. The Morgan fingerprint density at radius 2 is 1.63 bits per heavy atom. The molecule has 0 radical (unpaired) electrons. The van der Waals surface area contributed by atoms with Gasteiger partial charge in [-0.2, -0.15) is 0 Å². The molecule has 0 amide bonds. The molecule has 2 aliphatic rings. The zero-order valence-corrected chi connectivity index (χ0v) is 27.6. The number of halogens is 1. The first kappa shape index (κ1) is 29.5. The van der Waals surface area contributed by atoms with E-state index in [9.17, 15) is 4.79 Å². The second-order valence-electron chi connectivity index (χ2n) is 11.0. The van der Waals surface area contributed by atoms with Gasteiger partial charge in [0.2, 0.25) is 0 Å². The Balaban J connectivity index is 1.79. The molecule has 2 bridgehead atoms. The number of piperidine rings is 1. The number of hydrogen-bond acceptors (Lipinski definition) is 3. The second-order valence-corrected chi connectivity index (χ2v) is 25.3. The van der Waals surface area contributed by atoms with Crippen LogP contribution in [0.1, 0.15) is 90.0 Å². The Kier molecular flexibility index (Phi) is 12.4. The quantitative estimate of drug-likeness (QED) is 0.111. The molecule has 5 heteroatoms. The Morgan fingerprint density at radius 3 is 2.17 bits per heavy atom. The molecule has 2 heterocycles. The maximum absolute atomic E-state index is 13.1. The van der Waals surface area contributed by atoms with Crippen molar-refractivity contribution < 1.29 is 9.53 Å². The average molecular weight is 700 g/mol. The first-order chi connectivity index (χ1) is 17.0. The molecule has 0 unspecified atom stereocenters. The van der Waals surface area contributed by atoms with Gasteiger partial charge >= 0.3 is 234 Å². The van der Waals surface area contributed by atoms with Crippen LogP contribution in [-0.4, -0.2) is 55.0 Å². The molecule has 1 aromatic carbocycles. The van der Waals surface area contributed by atoms with Crippen LogP contribution in [0.3, 0.4) is 0 Å². The van der Waals surface area contributed by atoms with Crippen LogP contribution in [-0.2, 0) is 9.53 Å². The molecule has 0 aromatic heterocycles. The minimum atomic E-state index is -2.27. The van der Waals surface area contributed by atoms with E-state index < -0.39 is 18.4 Å². The summed E-state index contributed by atoms with van der Waals surface area (Å²) < 4.78 is 14.0. The molecule has 3 nitrogen and oxygen atoms in total. The summed E-state index contributed by atoms with van der Waals surface area (Å²) in [5, 5.41) is 0. The third kappa shape index (κ3) is 7.72. The molecule has 0 N–H and O–H groups in total. The van der Waals surface area contributed by atoms with Crippen molar-refractivity contribution >= 4 is 46.9 Å². The Hall–Kier alpha value is -0.0813. The number of esters is 1. The second kappa shape index (κ2) is 14.8. The topological polar surface area (TPSA) is 29.5 Å². The van der Waals surface area contributed by atoms with E-state index in [0.717, 1.165) is 19.4 Å². The van der Waals surface area contributed by atoms with Crippen LogP contribution in [0, 0.1) is 9.49 Å². The maximum atomic E-state index is 13.1. The summed E-state index contributed by atoms with van der Waals surface area (Å²) in [6, 6.07) is 9.71. The van der Waals surface area contributed by atoms with Crippen molar-refractivity contribution in [1.29, 1.82) is 0 Å². The van der Waals surface area contributed by atoms with Crippen LogP contribution < -0.4 is 0 Å². The molecule has 2 saturated heterocycles. The number of methoxy groups -OCH3 is 1. The van der Waals surface area contributed by atoms with Gasteiger partial charge in [-0.3, -0.25) is 0 Å². The summed E-state index contributed by atoms with van der Waals surface area (Å²) in [4.78, 5) is 15.8. The number of hydrogen-bond donors (Lipinski definition) is 0. The van der Waals surface area contributed by atoms with E-state index in [1.165, 1.54) is 67.4 Å². The van der Waals surface area contributed by atoms with Crippen LogP contribution >= 0.6 is 22.6 Å². The Morgan fingerprint density at radius 1 is 1.03 bits per heavy atom. The summed E-state index contributed by atoms with van der Waals surface area (Å²) in [6.07, 6.45) is 14.2. The number of carbonyl (C=O) groups excluding carboxylic acids is 1. The molecule has 3 rings (SSSR count). The number of rotatable bonds is 14. The van der Waals surface area contributed by atoms with Crippen molar-refractivity contribution in [2.24, 2.45) is 5.92 Å². The van der Waals surface area contributed by atoms with Gasteiger partial charge in [0.25, 0.3) is 0 Å². The fourth-order valence-corrected chi connectivity index (χ4v) is 21.5. The third-order valence-corrected chi connectivity index (χ3v) is 23.7. The Bertz CT molecular complexity index is 789. The molecular formula is C30H48INO2Sn. The molecule has 196 valence electrons. The molecule has 1 aromatic rings. The SMILES string of the molecule is CCC[CH2][Sn](/[CH]=C/CN1[C@H]2CC[C@@H]1[C@@H](C(=O)OC)[C@@H](c1ccc(I)cc1)C2)([CH2]CCC)[CH2]CCC. The Labute approximate surface area is 232 Å². The van der Waals surface area contributed by atoms with E-state index in [0.29, 0.717) is 12.1 Å². The van der Waals surface area contributed by atoms with Gasteiger partial charge in [-0.05, 0) is 0 Å². The van der Waals surface area contributed by atoms with Crippen LogP contribution in [0.5, 0.6) is 0 Å². The van der Waals surface area contributed by atoms with E-state index >= 15 is 0 Å². The number of fused-ring (bicyclic) bond motifs is 2. The third-order valence-electron chi connectivity index (χ3n) is 8.71. The van der Waals surface area contributed by atoms with E-state index in [1.807, 2.05) is 0 Å². The summed E-state index contributed by atoms with van der Waals surface area (Å²) in [5.41, 5.74) is 1.31. The molecule has 0 spiro atoms. The summed E-state index contributed by atoms with van der Waals surface area (Å²) in [6.45, 7) is 8.07. The zero-order valence-electron chi connectivity index (χ0n) is 22.6. The van der Waals surface area contributed by atoms with Crippen molar-refractivity contribution in [1.82, 2.24) is 4.90 Å². The van der Waals surface area contributed by atoms with Crippen molar-refractivity contribution in [3.63, 3.8) is 0 Å². The van der Waals surface area contributed by atoms with Crippen molar-refractivity contribution in [2.75, 3.05) is 13.7 Å². The van der Waals surface area contributed by atoms with E-state index in [4.69, 9.17) is 4.74 Å². The number of unbranched alkanes of at least 4 members (excludes halogenated alkanes) is 3. The van der Waals surface area contributed by atoms with Crippen molar-refractivity contribution in [3.8, 4) is 0 Å². The van der Waals surface area contributed by atoms with Crippen molar-refractivity contribution in [2.45, 2.75) is 110 Å². The monoisotopic (exact) mass is 701 g/mol. The van der Waals surface area contributed by atoms with Gasteiger partial charge in [-0.1, -0.05) is 0 Å². The van der Waals surface area contributed by atoms with Gasteiger partial charge in [0.05, 0.1) is 0 Å². The molecular weight excluding hydrogens is 652 g/mol. The molecule has 4 atom stereocenters. The summed E-state index contributed by atoms with van der Waals surface area (Å²) >= 11 is 0.0898. The minimum absolute atomic E-state index is 0.0183. The summed E-state index contributed by atoms with van der Waals surface area (Å²) in [5.74, 6) is 0.199. The fraction of sp³-hybridized carbons (Fsp3) is 0.700. The predicted octanol–water partition coefficient (Wildman–Crippen LogP) is 8.35. The molecule has 0 aliphatic carbocycles. The van der Waals surface area contributed by atoms with Crippen LogP contribution in [0.25, 0.3) is 0 Å².